The van der Waals surface area contributed by atoms with E-state index in [0.29, 0.717) is 45.1 Å². The maximum absolute atomic E-state index is 14.1. The number of hydrogen-bond acceptors (Lipinski definition) is 5. The first-order chi connectivity index (χ1) is 20.0. The van der Waals surface area contributed by atoms with Crippen molar-refractivity contribution in [1.29, 1.82) is 0 Å². The van der Waals surface area contributed by atoms with Gasteiger partial charge in [-0.15, -0.1) is 0 Å². The van der Waals surface area contributed by atoms with Crippen molar-refractivity contribution in [3.63, 3.8) is 0 Å². The molecule has 3 aromatic heterocycles. The molecule has 6 rings (SSSR count). The molecule has 0 atom stereocenters. The first kappa shape index (κ1) is 26.3. The maximum Gasteiger partial charge on any atom is 0.271 e. The summed E-state index contributed by atoms with van der Waals surface area (Å²) in [6.45, 7) is 5.66. The Morgan fingerprint density at radius 1 is 0.902 bits per heavy atom. The van der Waals surface area contributed by atoms with Crippen molar-refractivity contribution in [1.82, 2.24) is 29.3 Å². The topological polar surface area (TPSA) is 88.3 Å². The molecule has 0 radical (unpaired) electrons. The van der Waals surface area contributed by atoms with E-state index in [1.54, 1.807) is 6.20 Å². The second-order valence-corrected chi connectivity index (χ2v) is 10.4. The third-order valence-corrected chi connectivity index (χ3v) is 7.70. The van der Waals surface area contributed by atoms with E-state index in [-0.39, 0.29) is 17.5 Å². The molecule has 1 N–H and O–H groups in total. The molecule has 0 saturated carbocycles. The van der Waals surface area contributed by atoms with Crippen molar-refractivity contribution in [3.8, 4) is 11.3 Å². The number of hydrogen-bond donors (Lipinski definition) is 1. The van der Waals surface area contributed by atoms with Gasteiger partial charge in [-0.3, -0.25) is 9.59 Å². The van der Waals surface area contributed by atoms with E-state index < -0.39 is 0 Å². The summed E-state index contributed by atoms with van der Waals surface area (Å²) >= 11 is 0. The van der Waals surface area contributed by atoms with Gasteiger partial charge in [0.25, 0.3) is 11.8 Å². The number of aryl methyl sites for hydroxylation is 2. The fraction of sp³-hybridized carbons (Fsp3) is 0.250. The number of carbonyl (C=O) groups is 2. The Labute approximate surface area is 239 Å². The van der Waals surface area contributed by atoms with Gasteiger partial charge in [0.2, 0.25) is 0 Å². The average Bonchev–Trinajstić information content (AvgIpc) is 3.63. The van der Waals surface area contributed by atoms with E-state index in [2.05, 4.69) is 62.0 Å². The molecule has 0 spiro atoms. The van der Waals surface area contributed by atoms with Crippen LogP contribution >= 0.6 is 0 Å². The number of fused-ring (bicyclic) bond motifs is 1. The zero-order valence-electron chi connectivity index (χ0n) is 23.3. The predicted octanol–water partition coefficient (Wildman–Crippen LogP) is 4.14. The highest BCUT2D eigenvalue weighted by atomic mass is 16.2. The monoisotopic (exact) mass is 547 g/mol. The first-order valence-electron chi connectivity index (χ1n) is 13.9. The van der Waals surface area contributed by atoms with Gasteiger partial charge >= 0.3 is 0 Å². The van der Waals surface area contributed by atoms with E-state index in [4.69, 9.17) is 0 Å². The van der Waals surface area contributed by atoms with Gasteiger partial charge in [-0.05, 0) is 36.8 Å². The number of nitrogens with one attached hydrogen (secondary N) is 1. The Balaban J connectivity index is 1.14. The van der Waals surface area contributed by atoms with Gasteiger partial charge in [-0.1, -0.05) is 42.0 Å². The standard InChI is InChI=1S/C32H33N7O2/c1-23-10-11-27-25(20-23)29(30(36(27)2)24-8-4-3-5-9-24)32(41)39-18-16-38(17-19-39)28-22-34-26(21-35-28)31(40)33-12-15-37-13-6-7-14-37/h3-11,13-14,20-22H,12,15-19H2,1-2H3,(H,33,40). The van der Waals surface area contributed by atoms with Crippen molar-refractivity contribution in [2.45, 2.75) is 13.5 Å². The number of aromatic nitrogens is 4. The molecule has 2 aromatic carbocycles. The second-order valence-electron chi connectivity index (χ2n) is 10.4. The maximum atomic E-state index is 14.1. The minimum Gasteiger partial charge on any atom is -0.353 e. The third kappa shape index (κ3) is 5.30. The van der Waals surface area contributed by atoms with Gasteiger partial charge in [-0.2, -0.15) is 0 Å². The number of piperazine rings is 1. The van der Waals surface area contributed by atoms with Crippen LogP contribution in [0.25, 0.3) is 22.2 Å². The van der Waals surface area contributed by atoms with Crippen molar-refractivity contribution in [2.75, 3.05) is 37.6 Å². The van der Waals surface area contributed by atoms with E-state index >= 15 is 0 Å². The number of nitrogens with zero attached hydrogens (tertiary/aromatic N) is 6. The molecule has 9 heteroatoms. The highest BCUT2D eigenvalue weighted by Gasteiger charge is 2.29. The molecule has 1 aliphatic heterocycles. The average molecular weight is 548 g/mol. The molecule has 4 heterocycles. The van der Waals surface area contributed by atoms with Crippen LogP contribution in [0.15, 0.2) is 85.5 Å². The van der Waals surface area contributed by atoms with E-state index in [1.165, 1.54) is 6.20 Å². The summed E-state index contributed by atoms with van der Waals surface area (Å²) in [6, 6.07) is 20.3. The van der Waals surface area contributed by atoms with Crippen molar-refractivity contribution >= 4 is 28.5 Å². The number of benzene rings is 2. The molecule has 9 nitrogen and oxygen atoms in total. The molecule has 0 unspecified atom stereocenters. The van der Waals surface area contributed by atoms with Gasteiger partial charge in [0.05, 0.1) is 23.7 Å². The zero-order valence-corrected chi connectivity index (χ0v) is 23.3. The molecule has 0 aliphatic carbocycles. The lowest BCUT2D eigenvalue weighted by atomic mass is 10.0. The van der Waals surface area contributed by atoms with Crippen LogP contribution < -0.4 is 10.2 Å². The molecular weight excluding hydrogens is 514 g/mol. The molecular formula is C32H33N7O2. The predicted molar refractivity (Wildman–Crippen MR) is 160 cm³/mol. The Morgan fingerprint density at radius 2 is 1.66 bits per heavy atom. The molecule has 1 aliphatic rings. The summed E-state index contributed by atoms with van der Waals surface area (Å²) in [6.07, 6.45) is 7.07. The number of anilines is 1. The highest BCUT2D eigenvalue weighted by Crippen LogP contribution is 2.35. The summed E-state index contributed by atoms with van der Waals surface area (Å²) in [5.74, 6) is 0.496. The molecule has 5 aromatic rings. The van der Waals surface area contributed by atoms with Crippen molar-refractivity contribution < 1.29 is 9.59 Å². The lowest BCUT2D eigenvalue weighted by Crippen LogP contribution is -2.49. The van der Waals surface area contributed by atoms with Gasteiger partial charge in [0, 0.05) is 69.6 Å². The van der Waals surface area contributed by atoms with Crippen LogP contribution in [0.3, 0.4) is 0 Å². The smallest absolute Gasteiger partial charge is 0.271 e. The summed E-state index contributed by atoms with van der Waals surface area (Å²) in [4.78, 5) is 39.5. The Morgan fingerprint density at radius 3 is 2.37 bits per heavy atom. The Bertz CT molecular complexity index is 1670. The van der Waals surface area contributed by atoms with Crippen molar-refractivity contribution in [2.24, 2.45) is 7.05 Å². The Kier molecular flexibility index (Phi) is 7.24. The quantitative estimate of drug-likeness (QED) is 0.331. The largest absolute Gasteiger partial charge is 0.353 e. The van der Waals surface area contributed by atoms with Crippen LogP contribution in [-0.2, 0) is 13.6 Å². The van der Waals surface area contributed by atoms with Crippen molar-refractivity contribution in [3.05, 3.63) is 102 Å². The molecule has 0 bridgehead atoms. The molecule has 1 fully saturated rings. The minimum atomic E-state index is -0.244. The lowest BCUT2D eigenvalue weighted by Gasteiger charge is -2.35. The summed E-state index contributed by atoms with van der Waals surface area (Å²) in [7, 11) is 2.03. The molecule has 41 heavy (non-hydrogen) atoms. The van der Waals surface area contributed by atoms with Crippen LogP contribution in [0.4, 0.5) is 5.82 Å². The van der Waals surface area contributed by atoms with Gasteiger partial charge in [-0.25, -0.2) is 9.97 Å². The lowest BCUT2D eigenvalue weighted by molar-refractivity contribution is 0.0748. The Hall–Kier alpha value is -4.92. The second kappa shape index (κ2) is 11.3. The SMILES string of the molecule is Cc1ccc2c(c1)c(C(=O)N1CCN(c3cnc(C(=O)NCCn4cccc4)cn3)CC1)c(-c1ccccc1)n2C. The van der Waals surface area contributed by atoms with E-state index in [9.17, 15) is 9.59 Å². The zero-order chi connectivity index (χ0) is 28.3. The fourth-order valence-electron chi connectivity index (χ4n) is 5.52. The van der Waals surface area contributed by atoms with Crippen LogP contribution in [0.2, 0.25) is 0 Å². The first-order valence-corrected chi connectivity index (χ1v) is 13.9. The number of amides is 2. The van der Waals surface area contributed by atoms with Gasteiger partial charge in [0.15, 0.2) is 0 Å². The van der Waals surface area contributed by atoms with Crippen LogP contribution in [0.5, 0.6) is 0 Å². The van der Waals surface area contributed by atoms with Gasteiger partial charge in [0.1, 0.15) is 11.5 Å². The normalized spacial score (nSPS) is 13.5. The van der Waals surface area contributed by atoms with Crippen LogP contribution in [0.1, 0.15) is 26.4 Å². The molecule has 2 amide bonds. The van der Waals surface area contributed by atoms with Crippen LogP contribution in [0, 0.1) is 6.92 Å². The molecule has 208 valence electrons. The third-order valence-electron chi connectivity index (χ3n) is 7.70. The summed E-state index contributed by atoms with van der Waals surface area (Å²) in [5.41, 5.74) is 5.16. The minimum absolute atomic E-state index is 0.0396. The van der Waals surface area contributed by atoms with E-state index in [1.807, 2.05) is 59.2 Å². The van der Waals surface area contributed by atoms with E-state index in [0.717, 1.165) is 33.3 Å². The highest BCUT2D eigenvalue weighted by molar-refractivity contribution is 6.13. The summed E-state index contributed by atoms with van der Waals surface area (Å²) < 4.78 is 4.13. The fourth-order valence-corrected chi connectivity index (χ4v) is 5.52. The number of carbonyl (C=O) groups excluding carboxylic acids is 2. The number of rotatable bonds is 7. The van der Waals surface area contributed by atoms with Gasteiger partial charge < -0.3 is 24.3 Å². The molecule has 1 saturated heterocycles. The van der Waals surface area contributed by atoms with Crippen LogP contribution in [-0.4, -0.2) is 68.5 Å². The summed E-state index contributed by atoms with van der Waals surface area (Å²) in [5, 5.41) is 3.86.